The minimum Gasteiger partial charge on any atom is -0.396 e. The SMILES string of the molecule is C/C(=C/CO)c1ccc2c(c1)C(C)(C)CCC2(C)C.CC1(C)CCC(C)(C)c2cc([C@@]3(C)C[C@H]3CO)ccc21.CS(=O)(=O)N[C@@H]1CCCC[C@H]1NS(C)(=O)=O. The third-order valence-corrected chi connectivity index (χ3v) is 14.8. The van der Waals surface area contributed by atoms with Gasteiger partial charge >= 0.3 is 0 Å². The third-order valence-electron chi connectivity index (χ3n) is 13.3. The van der Waals surface area contributed by atoms with Gasteiger partial charge in [-0.15, -0.1) is 0 Å². The summed E-state index contributed by atoms with van der Waals surface area (Å²) in [5.41, 5.74) is 11.2. The van der Waals surface area contributed by atoms with E-state index in [1.165, 1.54) is 59.1 Å². The summed E-state index contributed by atoms with van der Waals surface area (Å²) < 4.78 is 49.4. The molecule has 0 amide bonds. The van der Waals surface area contributed by atoms with Crippen molar-refractivity contribution in [3.8, 4) is 0 Å². The van der Waals surface area contributed by atoms with Gasteiger partial charge in [-0.25, -0.2) is 26.3 Å². The van der Waals surface area contributed by atoms with Crippen molar-refractivity contribution in [1.82, 2.24) is 9.44 Å². The molecular formula is C45H72N2O6S2. The van der Waals surface area contributed by atoms with E-state index in [0.29, 0.717) is 30.8 Å². The van der Waals surface area contributed by atoms with Gasteiger partial charge in [0.25, 0.3) is 0 Å². The molecule has 0 spiro atoms. The number of nitrogens with one attached hydrogen (secondary N) is 2. The first-order valence-electron chi connectivity index (χ1n) is 20.3. The van der Waals surface area contributed by atoms with Gasteiger partial charge in [-0.1, -0.05) is 118 Å². The molecule has 0 unspecified atom stereocenters. The van der Waals surface area contributed by atoms with E-state index in [9.17, 15) is 21.9 Å². The molecule has 0 aromatic heterocycles. The van der Waals surface area contributed by atoms with Crippen molar-refractivity contribution in [2.45, 2.75) is 166 Å². The second-order valence-corrected chi connectivity index (χ2v) is 23.5. The van der Waals surface area contributed by atoms with Crippen molar-refractivity contribution in [1.29, 1.82) is 0 Å². The van der Waals surface area contributed by atoms with Crippen LogP contribution in [0.15, 0.2) is 42.5 Å². The Hall–Kier alpha value is -2.08. The van der Waals surface area contributed by atoms with Crippen molar-refractivity contribution in [3.05, 3.63) is 75.9 Å². The maximum Gasteiger partial charge on any atom is 0.209 e. The zero-order valence-corrected chi connectivity index (χ0v) is 37.5. The Balaban J connectivity index is 0.000000185. The van der Waals surface area contributed by atoms with Crippen LogP contribution in [0.2, 0.25) is 0 Å². The molecule has 6 rings (SSSR count). The summed E-state index contributed by atoms with van der Waals surface area (Å²) in [6, 6.07) is 13.3. The van der Waals surface area contributed by atoms with E-state index < -0.39 is 20.0 Å². The number of fused-ring (bicyclic) bond motifs is 2. The summed E-state index contributed by atoms with van der Waals surface area (Å²) >= 11 is 0. The van der Waals surface area contributed by atoms with Gasteiger partial charge in [-0.3, -0.25) is 0 Å². The van der Waals surface area contributed by atoms with Crippen molar-refractivity contribution in [2.24, 2.45) is 5.92 Å². The standard InChI is InChI=1S/C19H28O.C18H26O.C8H18N2O4S2/c1-17(2)8-9-18(3,4)16-10-13(6-7-15(16)17)19(5)11-14(19)12-20;1-13(8-11-19)14-6-7-15-16(12-14)18(4,5)10-9-17(15,2)3;1-15(11,12)9-7-5-3-4-6-8(7)10-16(2,13)14/h6-7,10,14,20H,8-9,11-12H2,1-5H3;6-8,12,19H,9-11H2,1-5H3;7-10H,3-6H2,1-2H3/b;13-8-;/t14-,19+;;7-,8-/m0.1/s1. The molecule has 4 aliphatic carbocycles. The van der Waals surface area contributed by atoms with Gasteiger partial charge < -0.3 is 10.2 Å². The van der Waals surface area contributed by atoms with E-state index in [0.717, 1.165) is 37.3 Å². The predicted octanol–water partition coefficient (Wildman–Crippen LogP) is 8.13. The van der Waals surface area contributed by atoms with Crippen molar-refractivity contribution in [2.75, 3.05) is 25.7 Å². The first-order valence-corrected chi connectivity index (χ1v) is 24.1. The predicted molar refractivity (Wildman–Crippen MR) is 229 cm³/mol. The minimum atomic E-state index is -3.30. The number of aliphatic hydroxyl groups excluding tert-OH is 2. The Labute approximate surface area is 334 Å². The zero-order valence-electron chi connectivity index (χ0n) is 35.9. The fourth-order valence-corrected chi connectivity index (χ4v) is 10.7. The fourth-order valence-electron chi connectivity index (χ4n) is 9.07. The Morgan fingerprint density at radius 2 is 1.09 bits per heavy atom. The van der Waals surface area contributed by atoms with Gasteiger partial charge in [-0.2, -0.15) is 0 Å². The number of benzene rings is 2. The summed E-state index contributed by atoms with van der Waals surface area (Å²) in [5, 5.41) is 18.5. The monoisotopic (exact) mass is 800 g/mol. The fraction of sp³-hybridized carbons (Fsp3) is 0.689. The van der Waals surface area contributed by atoms with Crippen molar-refractivity contribution >= 4 is 25.6 Å². The Bertz CT molecular complexity index is 1890. The van der Waals surface area contributed by atoms with Crippen LogP contribution in [0.5, 0.6) is 0 Å². The third kappa shape index (κ3) is 11.3. The number of hydrogen-bond donors (Lipinski definition) is 4. The maximum absolute atomic E-state index is 11.1. The lowest BCUT2D eigenvalue weighted by molar-refractivity contribution is 0.265. The molecule has 2 aromatic rings. The van der Waals surface area contributed by atoms with Crippen LogP contribution >= 0.6 is 0 Å². The van der Waals surface area contributed by atoms with Crippen LogP contribution in [-0.4, -0.2) is 64.9 Å². The molecular weight excluding hydrogens is 729 g/mol. The number of rotatable bonds is 8. The molecule has 2 aromatic carbocycles. The normalized spacial score (nSPS) is 27.6. The molecule has 4 N–H and O–H groups in total. The molecule has 310 valence electrons. The van der Waals surface area contributed by atoms with Crippen LogP contribution in [0.1, 0.15) is 160 Å². The van der Waals surface area contributed by atoms with E-state index in [2.05, 4.69) is 115 Å². The van der Waals surface area contributed by atoms with Gasteiger partial charge in [0.15, 0.2) is 0 Å². The highest BCUT2D eigenvalue weighted by Gasteiger charge is 2.51. The second-order valence-electron chi connectivity index (χ2n) is 19.9. The molecule has 2 saturated carbocycles. The summed E-state index contributed by atoms with van der Waals surface area (Å²) in [5.74, 6) is 0.459. The van der Waals surface area contributed by atoms with E-state index in [4.69, 9.17) is 5.11 Å². The van der Waals surface area contributed by atoms with E-state index >= 15 is 0 Å². The molecule has 0 heterocycles. The summed E-state index contributed by atoms with van der Waals surface area (Å²) in [7, 11) is -6.59. The van der Waals surface area contributed by atoms with Gasteiger partial charge in [0.1, 0.15) is 0 Å². The quantitative estimate of drug-likeness (QED) is 0.213. The average molecular weight is 801 g/mol. The van der Waals surface area contributed by atoms with Crippen LogP contribution in [0.4, 0.5) is 0 Å². The van der Waals surface area contributed by atoms with Gasteiger partial charge in [-0.05, 0) is 124 Å². The highest BCUT2D eigenvalue weighted by Crippen LogP contribution is 2.55. The number of allylic oxidation sites excluding steroid dienone is 1. The largest absolute Gasteiger partial charge is 0.396 e. The van der Waals surface area contributed by atoms with Crippen LogP contribution in [0.3, 0.4) is 0 Å². The summed E-state index contributed by atoms with van der Waals surface area (Å²) in [6.07, 6.45) is 13.3. The molecule has 8 nitrogen and oxygen atoms in total. The zero-order chi connectivity index (χ0) is 41.4. The first-order chi connectivity index (χ1) is 25.2. The van der Waals surface area contributed by atoms with E-state index in [1.54, 1.807) is 0 Å². The van der Waals surface area contributed by atoms with E-state index in [-0.39, 0.29) is 40.4 Å². The topological polar surface area (TPSA) is 133 Å². The van der Waals surface area contributed by atoms with Gasteiger partial charge in [0, 0.05) is 18.7 Å². The van der Waals surface area contributed by atoms with Crippen LogP contribution in [0.25, 0.3) is 5.57 Å². The molecule has 55 heavy (non-hydrogen) atoms. The number of sulfonamides is 2. The highest BCUT2D eigenvalue weighted by molar-refractivity contribution is 7.89. The highest BCUT2D eigenvalue weighted by atomic mass is 32.2. The van der Waals surface area contributed by atoms with Crippen LogP contribution < -0.4 is 9.44 Å². The number of aliphatic hydroxyl groups is 2. The molecule has 4 aliphatic rings. The van der Waals surface area contributed by atoms with E-state index in [1.807, 2.05) is 6.08 Å². The minimum absolute atomic E-state index is 0.109. The molecule has 0 aliphatic heterocycles. The Morgan fingerprint density at radius 3 is 1.49 bits per heavy atom. The first kappa shape index (κ1) is 45.6. The molecule has 4 atom stereocenters. The Kier molecular flexibility index (Phi) is 13.8. The van der Waals surface area contributed by atoms with Gasteiger partial charge in [0.05, 0.1) is 19.1 Å². The lowest BCUT2D eigenvalue weighted by Gasteiger charge is -2.42. The lowest BCUT2D eigenvalue weighted by atomic mass is 9.62. The summed E-state index contributed by atoms with van der Waals surface area (Å²) in [4.78, 5) is 0. The summed E-state index contributed by atoms with van der Waals surface area (Å²) in [6.45, 7) is 23.7. The van der Waals surface area contributed by atoms with Crippen molar-refractivity contribution < 1.29 is 27.0 Å². The van der Waals surface area contributed by atoms with Crippen LogP contribution in [0, 0.1) is 5.92 Å². The molecule has 0 saturated heterocycles. The second kappa shape index (κ2) is 16.6. The molecule has 0 radical (unpaired) electrons. The smallest absolute Gasteiger partial charge is 0.209 e. The Morgan fingerprint density at radius 1 is 0.673 bits per heavy atom. The number of hydrogen-bond acceptors (Lipinski definition) is 6. The maximum atomic E-state index is 11.1. The molecule has 10 heteroatoms. The average Bonchev–Trinajstić information content (AvgIpc) is 3.77. The molecule has 0 bridgehead atoms. The van der Waals surface area contributed by atoms with Gasteiger partial charge in [0.2, 0.25) is 20.0 Å². The van der Waals surface area contributed by atoms with Crippen LogP contribution in [-0.2, 0) is 47.1 Å². The molecule has 2 fully saturated rings. The lowest BCUT2D eigenvalue weighted by Crippen LogP contribution is -2.52. The van der Waals surface area contributed by atoms with Crippen molar-refractivity contribution in [3.63, 3.8) is 0 Å².